The first kappa shape index (κ1) is 15.3. The Hall–Kier alpha value is -3.09. The largest absolute Gasteiger partial charge is 0.457 e. The van der Waals surface area contributed by atoms with Crippen LogP contribution in [0, 0.1) is 6.92 Å². The second-order valence-corrected chi connectivity index (χ2v) is 4.52. The Morgan fingerprint density at radius 1 is 1.18 bits per heavy atom. The zero-order valence-electron chi connectivity index (χ0n) is 12.2. The van der Waals surface area contributed by atoms with Crippen molar-refractivity contribution in [1.82, 2.24) is 10.3 Å². The van der Waals surface area contributed by atoms with E-state index in [4.69, 9.17) is 10.5 Å². The van der Waals surface area contributed by atoms with Crippen LogP contribution in [0.5, 0.6) is 11.5 Å². The number of benzene rings is 1. The van der Waals surface area contributed by atoms with Gasteiger partial charge in [0.15, 0.2) is 0 Å². The normalized spacial score (nSPS) is 9.91. The van der Waals surface area contributed by atoms with Gasteiger partial charge in [-0.1, -0.05) is 0 Å². The lowest BCUT2D eigenvalue weighted by Crippen LogP contribution is -2.19. The number of nitrogens with two attached hydrogens (primary N) is 1. The fourth-order valence-corrected chi connectivity index (χ4v) is 1.84. The third-order valence-corrected chi connectivity index (χ3v) is 2.88. The summed E-state index contributed by atoms with van der Waals surface area (Å²) in [7, 11) is 1.53. The summed E-state index contributed by atoms with van der Waals surface area (Å²) in [6.07, 6.45) is 1.50. The van der Waals surface area contributed by atoms with Gasteiger partial charge >= 0.3 is 6.03 Å². The molecular formula is C15H16N4O3. The molecule has 0 unspecified atom stereocenters. The van der Waals surface area contributed by atoms with Gasteiger partial charge in [0.1, 0.15) is 17.2 Å². The minimum Gasteiger partial charge on any atom is -0.457 e. The van der Waals surface area contributed by atoms with E-state index < -0.39 is 6.03 Å². The minimum absolute atomic E-state index is 0.267. The molecule has 2 rings (SSSR count). The number of hydrogen-bond acceptors (Lipinski definition) is 4. The number of amides is 3. The molecule has 1 heterocycles. The number of hydrogen-bond donors (Lipinski definition) is 3. The molecule has 0 aliphatic rings. The van der Waals surface area contributed by atoms with Crippen molar-refractivity contribution in [1.29, 1.82) is 0 Å². The highest BCUT2D eigenvalue weighted by molar-refractivity contribution is 5.92. The van der Waals surface area contributed by atoms with Gasteiger partial charge in [-0.2, -0.15) is 0 Å². The van der Waals surface area contributed by atoms with Gasteiger partial charge in [-0.05, 0) is 36.8 Å². The Balaban J connectivity index is 2.19. The smallest absolute Gasteiger partial charge is 0.316 e. The third-order valence-electron chi connectivity index (χ3n) is 2.88. The van der Waals surface area contributed by atoms with Crippen molar-refractivity contribution in [2.24, 2.45) is 5.73 Å². The summed E-state index contributed by atoms with van der Waals surface area (Å²) in [5, 5.41) is 5.01. The molecule has 1 aromatic heterocycles. The highest BCUT2D eigenvalue weighted by Crippen LogP contribution is 2.26. The molecule has 0 saturated heterocycles. The second kappa shape index (κ2) is 6.57. The Morgan fingerprint density at radius 3 is 2.55 bits per heavy atom. The number of ether oxygens (including phenoxy) is 1. The summed E-state index contributed by atoms with van der Waals surface area (Å²) in [5.41, 5.74) is 6.77. The van der Waals surface area contributed by atoms with E-state index in [-0.39, 0.29) is 11.6 Å². The van der Waals surface area contributed by atoms with Gasteiger partial charge in [0.2, 0.25) is 0 Å². The number of urea groups is 1. The third kappa shape index (κ3) is 3.72. The standard InChI is InChI=1S/C15H16N4O3/c1-9-7-10(3-4-12(9)19-15(16)21)22-11-5-6-18-13(8-11)14(20)17-2/h3-8H,1-2H3,(H,17,20)(H3,16,19,21). The molecule has 114 valence electrons. The first-order valence-electron chi connectivity index (χ1n) is 6.52. The van der Waals surface area contributed by atoms with Gasteiger partial charge in [0.25, 0.3) is 5.91 Å². The molecule has 22 heavy (non-hydrogen) atoms. The molecule has 0 radical (unpaired) electrons. The van der Waals surface area contributed by atoms with Crippen molar-refractivity contribution in [2.75, 3.05) is 12.4 Å². The molecule has 0 saturated carbocycles. The minimum atomic E-state index is -0.624. The van der Waals surface area contributed by atoms with E-state index in [0.717, 1.165) is 5.56 Å². The zero-order chi connectivity index (χ0) is 16.1. The van der Waals surface area contributed by atoms with E-state index in [1.807, 2.05) is 6.92 Å². The van der Waals surface area contributed by atoms with Crippen molar-refractivity contribution in [3.05, 3.63) is 47.8 Å². The van der Waals surface area contributed by atoms with Crippen LogP contribution in [0.1, 0.15) is 16.1 Å². The van der Waals surface area contributed by atoms with Gasteiger partial charge in [0.05, 0.1) is 0 Å². The maximum Gasteiger partial charge on any atom is 0.316 e. The fraction of sp³-hybridized carbons (Fsp3) is 0.133. The van der Waals surface area contributed by atoms with Crippen LogP contribution in [0.3, 0.4) is 0 Å². The molecule has 0 aliphatic heterocycles. The quantitative estimate of drug-likeness (QED) is 0.803. The number of pyridine rings is 1. The summed E-state index contributed by atoms with van der Waals surface area (Å²) < 4.78 is 5.69. The lowest BCUT2D eigenvalue weighted by atomic mass is 10.2. The van der Waals surface area contributed by atoms with Gasteiger partial charge in [-0.15, -0.1) is 0 Å². The van der Waals surface area contributed by atoms with E-state index in [9.17, 15) is 9.59 Å². The SMILES string of the molecule is CNC(=O)c1cc(Oc2ccc(NC(N)=O)c(C)c2)ccn1. The number of aromatic nitrogens is 1. The average Bonchev–Trinajstić information content (AvgIpc) is 2.49. The van der Waals surface area contributed by atoms with Gasteiger partial charge < -0.3 is 21.1 Å². The summed E-state index contributed by atoms with van der Waals surface area (Å²) >= 11 is 0. The van der Waals surface area contributed by atoms with Gasteiger partial charge in [-0.25, -0.2) is 4.79 Å². The number of rotatable bonds is 4. The number of aryl methyl sites for hydroxylation is 1. The predicted octanol–water partition coefficient (Wildman–Crippen LogP) is 2.03. The summed E-state index contributed by atoms with van der Waals surface area (Å²) in [6.45, 7) is 1.82. The van der Waals surface area contributed by atoms with Crippen molar-refractivity contribution in [3.63, 3.8) is 0 Å². The predicted molar refractivity (Wildman–Crippen MR) is 82.1 cm³/mol. The maximum absolute atomic E-state index is 11.5. The summed E-state index contributed by atoms with van der Waals surface area (Å²) in [6, 6.07) is 7.71. The molecule has 0 bridgehead atoms. The summed E-state index contributed by atoms with van der Waals surface area (Å²) in [4.78, 5) is 26.4. The van der Waals surface area contributed by atoms with Crippen LogP contribution in [-0.2, 0) is 0 Å². The molecule has 0 aliphatic carbocycles. The molecule has 1 aromatic carbocycles. The molecule has 0 fully saturated rings. The highest BCUT2D eigenvalue weighted by atomic mass is 16.5. The average molecular weight is 300 g/mol. The molecule has 7 nitrogen and oxygen atoms in total. The van der Waals surface area contributed by atoms with Crippen molar-refractivity contribution in [2.45, 2.75) is 6.92 Å². The van der Waals surface area contributed by atoms with Gasteiger partial charge in [-0.3, -0.25) is 9.78 Å². The Bertz CT molecular complexity index is 716. The van der Waals surface area contributed by atoms with Crippen molar-refractivity contribution >= 4 is 17.6 Å². The Labute approximate surface area is 127 Å². The number of carbonyl (C=O) groups excluding carboxylic acids is 2. The number of nitrogens with zero attached hydrogens (tertiary/aromatic N) is 1. The molecule has 0 spiro atoms. The zero-order valence-corrected chi connectivity index (χ0v) is 12.2. The van der Waals surface area contributed by atoms with Crippen LogP contribution in [0.2, 0.25) is 0 Å². The van der Waals surface area contributed by atoms with Crippen LogP contribution >= 0.6 is 0 Å². The molecular weight excluding hydrogens is 284 g/mol. The number of nitrogens with one attached hydrogen (secondary N) is 2. The fourth-order valence-electron chi connectivity index (χ4n) is 1.84. The molecule has 4 N–H and O–H groups in total. The van der Waals surface area contributed by atoms with Crippen LogP contribution in [-0.4, -0.2) is 24.0 Å². The summed E-state index contributed by atoms with van der Waals surface area (Å²) in [5.74, 6) is 0.771. The van der Waals surface area contributed by atoms with E-state index in [1.165, 1.54) is 13.2 Å². The molecule has 3 amide bonds. The first-order valence-corrected chi connectivity index (χ1v) is 6.52. The monoisotopic (exact) mass is 300 g/mol. The lowest BCUT2D eigenvalue weighted by molar-refractivity contribution is 0.0958. The molecule has 7 heteroatoms. The lowest BCUT2D eigenvalue weighted by Gasteiger charge is -2.10. The molecule has 2 aromatic rings. The topological polar surface area (TPSA) is 106 Å². The van der Waals surface area contributed by atoms with Crippen LogP contribution in [0.4, 0.5) is 10.5 Å². The Kier molecular flexibility index (Phi) is 4.57. The number of anilines is 1. The number of primary amides is 1. The first-order chi connectivity index (χ1) is 10.5. The van der Waals surface area contributed by atoms with Crippen molar-refractivity contribution < 1.29 is 14.3 Å². The van der Waals surface area contributed by atoms with Crippen LogP contribution in [0.25, 0.3) is 0 Å². The highest BCUT2D eigenvalue weighted by Gasteiger charge is 2.08. The Morgan fingerprint density at radius 2 is 1.91 bits per heavy atom. The molecule has 0 atom stereocenters. The van der Waals surface area contributed by atoms with E-state index >= 15 is 0 Å². The number of carbonyl (C=O) groups is 2. The maximum atomic E-state index is 11.5. The second-order valence-electron chi connectivity index (χ2n) is 4.52. The van der Waals surface area contributed by atoms with Gasteiger partial charge in [0, 0.05) is 25.0 Å². The van der Waals surface area contributed by atoms with E-state index in [0.29, 0.717) is 17.2 Å². The van der Waals surface area contributed by atoms with Crippen molar-refractivity contribution in [3.8, 4) is 11.5 Å². The van der Waals surface area contributed by atoms with E-state index in [1.54, 1.807) is 30.3 Å². The van der Waals surface area contributed by atoms with Crippen LogP contribution < -0.4 is 21.1 Å². The van der Waals surface area contributed by atoms with E-state index in [2.05, 4.69) is 15.6 Å². The van der Waals surface area contributed by atoms with Crippen LogP contribution in [0.15, 0.2) is 36.5 Å².